The zero-order chi connectivity index (χ0) is 20.9. The van der Waals surface area contributed by atoms with E-state index in [2.05, 4.69) is 31.2 Å². The number of carbonyl (C=O) groups excluding carboxylic acids is 1. The van der Waals surface area contributed by atoms with E-state index in [1.54, 1.807) is 30.7 Å². The molecule has 0 unspecified atom stereocenters. The van der Waals surface area contributed by atoms with Gasteiger partial charge in [-0.25, -0.2) is 14.8 Å². The number of hydrogen-bond donors (Lipinski definition) is 1. The standard InChI is InChI=1S/C22H22BrN3O3/c1-22(2,3)29-21(27)18(13-16-10-7-11-28-16)26-20-17(25-19(23)14-24-20)12-15-8-5-4-6-9-15/h4-11,13-14H,12H2,1-3H3,(H,24,26)/b18-13-. The summed E-state index contributed by atoms with van der Waals surface area (Å²) in [4.78, 5) is 21.7. The summed E-state index contributed by atoms with van der Waals surface area (Å²) in [5, 5.41) is 3.09. The van der Waals surface area contributed by atoms with Gasteiger partial charge >= 0.3 is 5.97 Å². The summed E-state index contributed by atoms with van der Waals surface area (Å²) in [6.07, 6.45) is 5.26. The number of esters is 1. The Morgan fingerprint density at radius 2 is 1.97 bits per heavy atom. The van der Waals surface area contributed by atoms with Gasteiger partial charge in [0.15, 0.2) is 5.82 Å². The minimum absolute atomic E-state index is 0.209. The summed E-state index contributed by atoms with van der Waals surface area (Å²) in [6, 6.07) is 13.4. The molecule has 0 radical (unpaired) electrons. The van der Waals surface area contributed by atoms with Gasteiger partial charge in [0, 0.05) is 12.5 Å². The number of anilines is 1. The largest absolute Gasteiger partial charge is 0.465 e. The minimum atomic E-state index is -0.640. The Morgan fingerprint density at radius 1 is 1.21 bits per heavy atom. The molecule has 0 atom stereocenters. The van der Waals surface area contributed by atoms with Crippen molar-refractivity contribution in [2.24, 2.45) is 0 Å². The van der Waals surface area contributed by atoms with Crippen LogP contribution in [0.1, 0.15) is 37.8 Å². The highest BCUT2D eigenvalue weighted by molar-refractivity contribution is 9.10. The molecule has 0 aliphatic rings. The van der Waals surface area contributed by atoms with E-state index in [1.165, 1.54) is 0 Å². The fraction of sp³-hybridized carbons (Fsp3) is 0.227. The topological polar surface area (TPSA) is 77.2 Å². The highest BCUT2D eigenvalue weighted by atomic mass is 79.9. The van der Waals surface area contributed by atoms with Crippen molar-refractivity contribution in [3.05, 3.63) is 82.2 Å². The third-order valence-electron chi connectivity index (χ3n) is 3.73. The van der Waals surface area contributed by atoms with Crippen molar-refractivity contribution in [3.8, 4) is 0 Å². The Hall–Kier alpha value is -2.93. The van der Waals surface area contributed by atoms with Crippen LogP contribution in [0.3, 0.4) is 0 Å². The lowest BCUT2D eigenvalue weighted by atomic mass is 10.1. The van der Waals surface area contributed by atoms with E-state index >= 15 is 0 Å². The first-order valence-corrected chi connectivity index (χ1v) is 9.90. The lowest BCUT2D eigenvalue weighted by molar-refractivity contribution is -0.149. The van der Waals surface area contributed by atoms with E-state index in [4.69, 9.17) is 9.15 Å². The molecule has 150 valence electrons. The van der Waals surface area contributed by atoms with Crippen molar-refractivity contribution < 1.29 is 13.9 Å². The highest BCUT2D eigenvalue weighted by Crippen LogP contribution is 2.22. The molecule has 0 aliphatic heterocycles. The van der Waals surface area contributed by atoms with Gasteiger partial charge in [-0.3, -0.25) is 0 Å². The summed E-state index contributed by atoms with van der Waals surface area (Å²) in [7, 11) is 0. The SMILES string of the molecule is CC(C)(C)OC(=O)/C(=C/c1ccco1)Nc1ncc(Br)nc1Cc1ccccc1. The number of furan rings is 1. The summed E-state index contributed by atoms with van der Waals surface area (Å²) >= 11 is 3.37. The number of nitrogens with one attached hydrogen (secondary N) is 1. The van der Waals surface area contributed by atoms with Crippen LogP contribution in [0, 0.1) is 0 Å². The number of aromatic nitrogens is 2. The first-order valence-electron chi connectivity index (χ1n) is 9.11. The maximum absolute atomic E-state index is 12.8. The Balaban J connectivity index is 1.94. The quantitative estimate of drug-likeness (QED) is 0.405. The smallest absolute Gasteiger partial charge is 0.355 e. The molecule has 3 rings (SSSR count). The molecule has 3 aromatic rings. The average molecular weight is 456 g/mol. The van der Waals surface area contributed by atoms with Crippen molar-refractivity contribution in [2.75, 3.05) is 5.32 Å². The van der Waals surface area contributed by atoms with Gasteiger partial charge in [0.25, 0.3) is 0 Å². The fourth-order valence-electron chi connectivity index (χ4n) is 2.54. The third-order valence-corrected chi connectivity index (χ3v) is 4.11. The molecule has 0 saturated carbocycles. The van der Waals surface area contributed by atoms with Crippen LogP contribution in [0.25, 0.3) is 6.08 Å². The molecule has 0 amide bonds. The van der Waals surface area contributed by atoms with Crippen molar-refractivity contribution in [3.63, 3.8) is 0 Å². The van der Waals surface area contributed by atoms with Gasteiger partial charge < -0.3 is 14.5 Å². The van der Waals surface area contributed by atoms with E-state index in [1.807, 2.05) is 51.1 Å². The summed E-state index contributed by atoms with van der Waals surface area (Å²) in [5.74, 6) is 0.484. The van der Waals surface area contributed by atoms with Crippen LogP contribution in [0.4, 0.5) is 5.82 Å². The molecular weight excluding hydrogens is 434 g/mol. The number of hydrogen-bond acceptors (Lipinski definition) is 6. The molecule has 2 aromatic heterocycles. The molecule has 6 nitrogen and oxygen atoms in total. The maximum Gasteiger partial charge on any atom is 0.355 e. The second-order valence-electron chi connectivity index (χ2n) is 7.35. The number of benzene rings is 1. The van der Waals surface area contributed by atoms with Crippen LogP contribution < -0.4 is 5.32 Å². The number of nitrogens with zero attached hydrogens (tertiary/aromatic N) is 2. The molecule has 2 heterocycles. The molecule has 1 N–H and O–H groups in total. The lowest BCUT2D eigenvalue weighted by Gasteiger charge is -2.21. The third kappa shape index (κ3) is 6.29. The van der Waals surface area contributed by atoms with Gasteiger partial charge in [0.05, 0.1) is 18.2 Å². The molecule has 0 saturated heterocycles. The molecule has 0 spiro atoms. The van der Waals surface area contributed by atoms with Crippen LogP contribution in [-0.4, -0.2) is 21.5 Å². The summed E-state index contributed by atoms with van der Waals surface area (Å²) < 4.78 is 11.5. The molecule has 0 fully saturated rings. The van der Waals surface area contributed by atoms with Gasteiger partial charge in [0.2, 0.25) is 0 Å². The fourth-order valence-corrected chi connectivity index (χ4v) is 2.86. The predicted octanol–water partition coefficient (Wildman–Crippen LogP) is 5.22. The van der Waals surface area contributed by atoms with Crippen molar-refractivity contribution in [1.29, 1.82) is 0 Å². The van der Waals surface area contributed by atoms with Crippen molar-refractivity contribution in [1.82, 2.24) is 9.97 Å². The summed E-state index contributed by atoms with van der Waals surface area (Å²) in [6.45, 7) is 5.45. The zero-order valence-electron chi connectivity index (χ0n) is 16.5. The Labute approximate surface area is 178 Å². The summed E-state index contributed by atoms with van der Waals surface area (Å²) in [5.41, 5.74) is 1.34. The van der Waals surface area contributed by atoms with Gasteiger partial charge in [-0.1, -0.05) is 30.3 Å². The Bertz CT molecular complexity index is 994. The molecule has 29 heavy (non-hydrogen) atoms. The number of halogens is 1. The van der Waals surface area contributed by atoms with Crippen molar-refractivity contribution >= 4 is 33.8 Å². The van der Waals surface area contributed by atoms with E-state index in [9.17, 15) is 4.79 Å². The van der Waals surface area contributed by atoms with Gasteiger partial charge in [-0.15, -0.1) is 0 Å². The van der Waals surface area contributed by atoms with Gasteiger partial charge in [0.1, 0.15) is 21.7 Å². The van der Waals surface area contributed by atoms with Crippen molar-refractivity contribution in [2.45, 2.75) is 32.8 Å². The molecule has 0 aliphatic carbocycles. The second-order valence-corrected chi connectivity index (χ2v) is 8.16. The van der Waals surface area contributed by atoms with Crippen LogP contribution in [0.15, 0.2) is 69.6 Å². The van der Waals surface area contributed by atoms with E-state index in [0.29, 0.717) is 28.3 Å². The number of ether oxygens (including phenoxy) is 1. The maximum atomic E-state index is 12.8. The van der Waals surface area contributed by atoms with Crippen LogP contribution in [-0.2, 0) is 16.0 Å². The van der Waals surface area contributed by atoms with Crippen LogP contribution >= 0.6 is 15.9 Å². The monoisotopic (exact) mass is 455 g/mol. The highest BCUT2D eigenvalue weighted by Gasteiger charge is 2.22. The molecule has 0 bridgehead atoms. The minimum Gasteiger partial charge on any atom is -0.465 e. The van der Waals surface area contributed by atoms with Gasteiger partial charge in [-0.05, 0) is 54.4 Å². The molecular formula is C22H22BrN3O3. The van der Waals surface area contributed by atoms with E-state index in [0.717, 1.165) is 5.56 Å². The average Bonchev–Trinajstić information content (AvgIpc) is 3.16. The van der Waals surface area contributed by atoms with Crippen LogP contribution in [0.5, 0.6) is 0 Å². The number of rotatable bonds is 6. The normalized spacial score (nSPS) is 11.9. The lowest BCUT2D eigenvalue weighted by Crippen LogP contribution is -2.27. The van der Waals surface area contributed by atoms with Gasteiger partial charge in [-0.2, -0.15) is 0 Å². The molecule has 7 heteroatoms. The van der Waals surface area contributed by atoms with E-state index in [-0.39, 0.29) is 5.70 Å². The predicted molar refractivity (Wildman–Crippen MR) is 115 cm³/mol. The first-order chi connectivity index (χ1) is 13.8. The zero-order valence-corrected chi connectivity index (χ0v) is 18.1. The first kappa shape index (κ1) is 20.8. The van der Waals surface area contributed by atoms with Crippen LogP contribution in [0.2, 0.25) is 0 Å². The Morgan fingerprint density at radius 3 is 2.62 bits per heavy atom. The number of carbonyl (C=O) groups is 1. The molecule has 1 aromatic carbocycles. The van der Waals surface area contributed by atoms with E-state index < -0.39 is 11.6 Å². The second kappa shape index (κ2) is 9.05. The Kier molecular flexibility index (Phi) is 6.49.